The molecule has 1 aliphatic heterocycles. The third-order valence-corrected chi connectivity index (χ3v) is 3.88. The summed E-state index contributed by atoms with van der Waals surface area (Å²) < 4.78 is 0. The van der Waals surface area contributed by atoms with Crippen molar-refractivity contribution in [2.45, 2.75) is 32.4 Å². The highest BCUT2D eigenvalue weighted by atomic mass is 16.2. The van der Waals surface area contributed by atoms with Crippen molar-refractivity contribution in [3.8, 4) is 0 Å². The number of carbonyl (C=O) groups is 2. The first kappa shape index (κ1) is 16.3. The van der Waals surface area contributed by atoms with E-state index in [1.165, 1.54) is 11.8 Å². The summed E-state index contributed by atoms with van der Waals surface area (Å²) in [6.45, 7) is 5.24. The topological polar surface area (TPSA) is 102 Å². The molecule has 0 saturated heterocycles. The molecule has 0 spiro atoms. The van der Waals surface area contributed by atoms with Gasteiger partial charge in [-0.25, -0.2) is 0 Å². The number of fused-ring (bicyclic) bond motifs is 1. The Balaban J connectivity index is 2.75. The number of nitrogens with zero attached hydrogens (tertiary/aromatic N) is 2. The second kappa shape index (κ2) is 5.62. The number of benzene rings is 1. The minimum Gasteiger partial charge on any atom is -0.322 e. The van der Waals surface area contributed by atoms with Crippen molar-refractivity contribution in [1.82, 2.24) is 0 Å². The number of para-hydroxylation sites is 2. The zero-order valence-electron chi connectivity index (χ0n) is 13.3. The molecule has 1 aliphatic rings. The van der Waals surface area contributed by atoms with E-state index in [4.69, 9.17) is 11.5 Å². The molecule has 0 saturated carbocycles. The van der Waals surface area contributed by atoms with Crippen LogP contribution in [0.25, 0.3) is 0 Å². The van der Waals surface area contributed by atoms with E-state index in [1.807, 2.05) is 26.0 Å². The molecule has 6 heteroatoms. The van der Waals surface area contributed by atoms with Gasteiger partial charge in [-0.2, -0.15) is 0 Å². The lowest BCUT2D eigenvalue weighted by Crippen LogP contribution is -2.68. The molecule has 4 N–H and O–H groups in total. The van der Waals surface area contributed by atoms with Crippen LogP contribution in [0, 0.1) is 5.92 Å². The van der Waals surface area contributed by atoms with Crippen molar-refractivity contribution in [1.29, 1.82) is 0 Å². The van der Waals surface area contributed by atoms with Crippen LogP contribution in [0.5, 0.6) is 0 Å². The summed E-state index contributed by atoms with van der Waals surface area (Å²) in [6, 6.07) is 6.35. The number of rotatable bonds is 3. The highest BCUT2D eigenvalue weighted by molar-refractivity contribution is 6.35. The number of hydrogen-bond acceptors (Lipinski definition) is 5. The molecule has 1 unspecified atom stereocenters. The summed E-state index contributed by atoms with van der Waals surface area (Å²) in [5.74, 6) is -1.20. The number of ketones is 1. The van der Waals surface area contributed by atoms with Crippen LogP contribution in [0.15, 0.2) is 29.3 Å². The predicted molar refractivity (Wildman–Crippen MR) is 87.4 cm³/mol. The number of carbonyl (C=O) groups excluding carboxylic acids is 2. The van der Waals surface area contributed by atoms with Gasteiger partial charge in [-0.3, -0.25) is 14.6 Å². The van der Waals surface area contributed by atoms with Gasteiger partial charge in [0.2, 0.25) is 0 Å². The second-order valence-corrected chi connectivity index (χ2v) is 5.97. The Labute approximate surface area is 130 Å². The van der Waals surface area contributed by atoms with Crippen molar-refractivity contribution >= 4 is 28.8 Å². The lowest BCUT2D eigenvalue weighted by atomic mass is 9.80. The predicted octanol–water partition coefficient (Wildman–Crippen LogP) is 1.01. The first-order valence-corrected chi connectivity index (χ1v) is 7.26. The van der Waals surface area contributed by atoms with Gasteiger partial charge in [0.1, 0.15) is 0 Å². The van der Waals surface area contributed by atoms with E-state index in [9.17, 15) is 9.59 Å². The van der Waals surface area contributed by atoms with Gasteiger partial charge in [0.05, 0.1) is 23.1 Å². The molecular formula is C16H22N4O2. The van der Waals surface area contributed by atoms with Crippen LogP contribution in [0.2, 0.25) is 0 Å². The quantitative estimate of drug-likeness (QED) is 0.813. The fraction of sp³-hybridized carbons (Fsp3) is 0.438. The van der Waals surface area contributed by atoms with Gasteiger partial charge in [0, 0.05) is 7.05 Å². The third kappa shape index (κ3) is 2.34. The van der Waals surface area contributed by atoms with Gasteiger partial charge in [-0.05, 0) is 25.0 Å². The summed E-state index contributed by atoms with van der Waals surface area (Å²) in [4.78, 5) is 31.5. The van der Waals surface area contributed by atoms with Crippen LogP contribution in [0.3, 0.4) is 0 Å². The Bertz CT molecular complexity index is 651. The van der Waals surface area contributed by atoms with Gasteiger partial charge in [0.15, 0.2) is 11.3 Å². The summed E-state index contributed by atoms with van der Waals surface area (Å²) in [5.41, 5.74) is 11.8. The lowest BCUT2D eigenvalue weighted by Gasteiger charge is -2.32. The van der Waals surface area contributed by atoms with Crippen LogP contribution in [-0.4, -0.2) is 36.0 Å². The molecule has 0 aromatic heterocycles. The molecule has 1 aromatic rings. The molecule has 0 bridgehead atoms. The van der Waals surface area contributed by atoms with Crippen LogP contribution >= 0.6 is 0 Å². The maximum atomic E-state index is 12.9. The molecule has 22 heavy (non-hydrogen) atoms. The van der Waals surface area contributed by atoms with Crippen LogP contribution in [0.1, 0.15) is 20.8 Å². The average Bonchev–Trinajstić information content (AvgIpc) is 2.56. The number of nitrogens with two attached hydrogens (primary N) is 2. The first-order valence-electron chi connectivity index (χ1n) is 7.26. The molecule has 0 aliphatic carbocycles. The summed E-state index contributed by atoms with van der Waals surface area (Å²) in [7, 11) is 1.59. The molecule has 1 amide bonds. The van der Waals surface area contributed by atoms with Gasteiger partial charge >= 0.3 is 0 Å². The molecule has 1 aromatic carbocycles. The Morgan fingerprint density at radius 3 is 2.41 bits per heavy atom. The largest absolute Gasteiger partial charge is 0.322 e. The monoisotopic (exact) mass is 302 g/mol. The molecule has 2 atom stereocenters. The lowest BCUT2D eigenvalue weighted by molar-refractivity contribution is -0.131. The smallest absolute Gasteiger partial charge is 0.260 e. The van der Waals surface area contributed by atoms with Crippen molar-refractivity contribution in [2.75, 3.05) is 11.9 Å². The van der Waals surface area contributed by atoms with Crippen LogP contribution in [0.4, 0.5) is 11.4 Å². The Kier molecular flexibility index (Phi) is 4.17. The highest BCUT2D eigenvalue weighted by Gasteiger charge is 2.51. The minimum atomic E-state index is -1.84. The number of anilines is 1. The van der Waals surface area contributed by atoms with E-state index in [-0.39, 0.29) is 5.92 Å². The Morgan fingerprint density at radius 1 is 1.27 bits per heavy atom. The average molecular weight is 302 g/mol. The summed E-state index contributed by atoms with van der Waals surface area (Å²) >= 11 is 0. The molecular weight excluding hydrogens is 280 g/mol. The maximum Gasteiger partial charge on any atom is 0.260 e. The standard InChI is InChI=1S/C16H22N4O2/c1-9(2)13-16(18,14(21)10(3)17)15(22)20(4)12-8-6-5-7-11(12)19-13/h5-10H,17-18H2,1-4H3/t10-,16?/m0/s1. The molecule has 6 nitrogen and oxygen atoms in total. The molecule has 0 fully saturated rings. The molecule has 1 heterocycles. The van der Waals surface area contributed by atoms with Crippen molar-refractivity contribution in [3.05, 3.63) is 24.3 Å². The van der Waals surface area contributed by atoms with Crippen molar-refractivity contribution in [2.24, 2.45) is 22.4 Å². The van der Waals surface area contributed by atoms with Gasteiger partial charge in [0.25, 0.3) is 5.91 Å². The van der Waals surface area contributed by atoms with E-state index in [0.29, 0.717) is 17.1 Å². The van der Waals surface area contributed by atoms with E-state index in [0.717, 1.165) is 0 Å². The number of aliphatic imine (C=N–C) groups is 1. The third-order valence-electron chi connectivity index (χ3n) is 3.88. The highest BCUT2D eigenvalue weighted by Crippen LogP contribution is 2.34. The maximum absolute atomic E-state index is 12.9. The normalized spacial score (nSPS) is 23.0. The number of amides is 1. The van der Waals surface area contributed by atoms with E-state index in [2.05, 4.69) is 4.99 Å². The zero-order valence-corrected chi connectivity index (χ0v) is 13.3. The second-order valence-electron chi connectivity index (χ2n) is 5.97. The Hall–Kier alpha value is -2.05. The fourth-order valence-electron chi connectivity index (χ4n) is 2.72. The van der Waals surface area contributed by atoms with E-state index < -0.39 is 23.3 Å². The summed E-state index contributed by atoms with van der Waals surface area (Å²) in [6.07, 6.45) is 0. The SMILES string of the molecule is CC(C)C1=Nc2ccccc2N(C)C(=O)C1(N)C(=O)[C@H](C)N. The minimum absolute atomic E-state index is 0.170. The first-order chi connectivity index (χ1) is 10.2. The van der Waals surface area contributed by atoms with Crippen molar-refractivity contribution in [3.63, 3.8) is 0 Å². The van der Waals surface area contributed by atoms with Crippen LogP contribution in [-0.2, 0) is 9.59 Å². The van der Waals surface area contributed by atoms with Crippen molar-refractivity contribution < 1.29 is 9.59 Å². The number of Topliss-reactive ketones (excluding diaryl/α,β-unsaturated/α-hetero) is 1. The van der Waals surface area contributed by atoms with Crippen LogP contribution < -0.4 is 16.4 Å². The number of hydrogen-bond donors (Lipinski definition) is 2. The van der Waals surface area contributed by atoms with E-state index in [1.54, 1.807) is 19.2 Å². The zero-order chi connectivity index (χ0) is 16.7. The van der Waals surface area contributed by atoms with E-state index >= 15 is 0 Å². The molecule has 2 rings (SSSR count). The molecule has 118 valence electrons. The number of likely N-dealkylation sites (N-methyl/N-ethyl adjacent to an activating group) is 1. The summed E-state index contributed by atoms with van der Waals surface area (Å²) in [5, 5.41) is 0. The van der Waals surface area contributed by atoms with Gasteiger partial charge < -0.3 is 16.4 Å². The Morgan fingerprint density at radius 2 is 1.86 bits per heavy atom. The van der Waals surface area contributed by atoms with Gasteiger partial charge in [-0.1, -0.05) is 26.0 Å². The fourth-order valence-corrected chi connectivity index (χ4v) is 2.72. The molecule has 0 radical (unpaired) electrons. The van der Waals surface area contributed by atoms with Gasteiger partial charge in [-0.15, -0.1) is 0 Å².